The minimum atomic E-state index is 0.362. The van der Waals surface area contributed by atoms with Crippen LogP contribution in [0, 0.1) is 6.92 Å². The topological polar surface area (TPSA) is 95.7 Å². The second-order valence-corrected chi connectivity index (χ2v) is 5.80. The lowest BCUT2D eigenvalue weighted by Crippen LogP contribution is -2.03. The molecule has 3 rings (SSSR count). The Kier molecular flexibility index (Phi) is 4.42. The van der Waals surface area contributed by atoms with Gasteiger partial charge in [-0.05, 0) is 18.6 Å². The third kappa shape index (κ3) is 3.26. The first kappa shape index (κ1) is 15.3. The Hall–Kier alpha value is -2.61. The van der Waals surface area contributed by atoms with Gasteiger partial charge in [-0.2, -0.15) is 4.98 Å². The molecule has 118 valence electrons. The highest BCUT2D eigenvalue weighted by Gasteiger charge is 2.13. The van der Waals surface area contributed by atoms with Crippen molar-refractivity contribution in [2.24, 2.45) is 0 Å². The summed E-state index contributed by atoms with van der Waals surface area (Å²) in [5.41, 5.74) is 7.80. The Labute approximate surface area is 137 Å². The number of nitrogens with two attached hydrogens (primary N) is 1. The quantitative estimate of drug-likeness (QED) is 0.549. The molecule has 8 heteroatoms. The van der Waals surface area contributed by atoms with E-state index in [0.29, 0.717) is 35.1 Å². The molecule has 0 radical (unpaired) electrons. The summed E-state index contributed by atoms with van der Waals surface area (Å²) in [5, 5.41) is 12.6. The molecule has 0 atom stereocenters. The number of rotatable bonds is 6. The summed E-state index contributed by atoms with van der Waals surface area (Å²) in [6, 6.07) is 7.89. The fourth-order valence-electron chi connectivity index (χ4n) is 2.07. The van der Waals surface area contributed by atoms with Crippen LogP contribution < -0.4 is 5.73 Å². The van der Waals surface area contributed by atoms with Gasteiger partial charge in [0.15, 0.2) is 11.0 Å². The molecule has 0 fully saturated rings. The maximum atomic E-state index is 5.77. The maximum absolute atomic E-state index is 5.77. The Morgan fingerprint density at radius 3 is 2.96 bits per heavy atom. The molecule has 0 aliphatic heterocycles. The van der Waals surface area contributed by atoms with Crippen LogP contribution in [0.4, 0.5) is 5.95 Å². The SMILES string of the molecule is C=CCn1c(N)nnc1SCc1noc(-c2ccccc2C)n1. The lowest BCUT2D eigenvalue weighted by Gasteiger charge is -2.02. The predicted octanol–water partition coefficient (Wildman–Crippen LogP) is 2.70. The normalized spacial score (nSPS) is 10.8. The number of aromatic nitrogens is 5. The highest BCUT2D eigenvalue weighted by Crippen LogP contribution is 2.25. The van der Waals surface area contributed by atoms with Gasteiger partial charge in [0.2, 0.25) is 5.95 Å². The Morgan fingerprint density at radius 2 is 2.17 bits per heavy atom. The molecule has 0 saturated carbocycles. The van der Waals surface area contributed by atoms with E-state index in [1.807, 2.05) is 31.2 Å². The van der Waals surface area contributed by atoms with Crippen molar-refractivity contribution in [3.63, 3.8) is 0 Å². The average Bonchev–Trinajstić information content (AvgIpc) is 3.14. The monoisotopic (exact) mass is 328 g/mol. The van der Waals surface area contributed by atoms with Crippen molar-refractivity contribution < 1.29 is 4.52 Å². The van der Waals surface area contributed by atoms with Crippen LogP contribution >= 0.6 is 11.8 Å². The molecule has 0 saturated heterocycles. The van der Waals surface area contributed by atoms with E-state index in [9.17, 15) is 0 Å². The third-order valence-electron chi connectivity index (χ3n) is 3.23. The van der Waals surface area contributed by atoms with Crippen LogP contribution in [0.25, 0.3) is 11.5 Å². The number of hydrogen-bond acceptors (Lipinski definition) is 7. The average molecular weight is 328 g/mol. The van der Waals surface area contributed by atoms with E-state index in [1.54, 1.807) is 10.6 Å². The minimum absolute atomic E-state index is 0.362. The molecule has 23 heavy (non-hydrogen) atoms. The van der Waals surface area contributed by atoms with E-state index in [0.717, 1.165) is 11.1 Å². The second kappa shape index (κ2) is 6.66. The molecule has 3 aromatic rings. The molecule has 0 bridgehead atoms. The van der Waals surface area contributed by atoms with E-state index in [-0.39, 0.29) is 0 Å². The van der Waals surface area contributed by atoms with Gasteiger partial charge in [0.1, 0.15) is 0 Å². The standard InChI is InChI=1S/C15H16N6OS/c1-3-8-21-14(16)18-19-15(21)23-9-12-17-13(22-20-12)11-7-5-4-6-10(11)2/h3-7H,1,8-9H2,2H3,(H2,16,18). The van der Waals surface area contributed by atoms with Crippen LogP contribution in [-0.2, 0) is 12.3 Å². The number of allylic oxidation sites excluding steroid dienone is 1. The van der Waals surface area contributed by atoms with Crippen LogP contribution in [0.1, 0.15) is 11.4 Å². The van der Waals surface area contributed by atoms with Gasteiger partial charge in [-0.15, -0.1) is 16.8 Å². The summed E-state index contributed by atoms with van der Waals surface area (Å²) >= 11 is 1.45. The van der Waals surface area contributed by atoms with Gasteiger partial charge in [-0.1, -0.05) is 41.2 Å². The first-order valence-electron chi connectivity index (χ1n) is 7.00. The van der Waals surface area contributed by atoms with Crippen LogP contribution in [0.5, 0.6) is 0 Å². The number of aryl methyl sites for hydroxylation is 1. The molecule has 2 aromatic heterocycles. The van der Waals surface area contributed by atoms with Crippen molar-refractivity contribution in [3.8, 4) is 11.5 Å². The summed E-state index contributed by atoms with van der Waals surface area (Å²) in [5.74, 6) is 2.00. The smallest absolute Gasteiger partial charge is 0.258 e. The lowest BCUT2D eigenvalue weighted by molar-refractivity contribution is 0.425. The second-order valence-electron chi connectivity index (χ2n) is 4.86. The fraction of sp³-hybridized carbons (Fsp3) is 0.200. The Bertz CT molecular complexity index is 825. The van der Waals surface area contributed by atoms with Gasteiger partial charge >= 0.3 is 0 Å². The molecule has 0 spiro atoms. The van der Waals surface area contributed by atoms with E-state index < -0.39 is 0 Å². The third-order valence-corrected chi connectivity index (χ3v) is 4.19. The van der Waals surface area contributed by atoms with Gasteiger partial charge in [0, 0.05) is 12.1 Å². The van der Waals surface area contributed by atoms with Crippen LogP contribution in [-0.4, -0.2) is 24.9 Å². The summed E-state index contributed by atoms with van der Waals surface area (Å²) in [4.78, 5) is 4.43. The first-order valence-corrected chi connectivity index (χ1v) is 7.98. The maximum Gasteiger partial charge on any atom is 0.258 e. The van der Waals surface area contributed by atoms with Crippen LogP contribution in [0.15, 0.2) is 46.6 Å². The minimum Gasteiger partial charge on any atom is -0.368 e. The van der Waals surface area contributed by atoms with Gasteiger partial charge in [-0.25, -0.2) is 0 Å². The van der Waals surface area contributed by atoms with Crippen molar-refractivity contribution >= 4 is 17.7 Å². The van der Waals surface area contributed by atoms with Gasteiger partial charge in [0.25, 0.3) is 5.89 Å². The van der Waals surface area contributed by atoms with Crippen molar-refractivity contribution in [1.29, 1.82) is 0 Å². The molecule has 2 heterocycles. The van der Waals surface area contributed by atoms with Crippen molar-refractivity contribution in [1.82, 2.24) is 24.9 Å². The number of nitrogens with zero attached hydrogens (tertiary/aromatic N) is 5. The van der Waals surface area contributed by atoms with E-state index >= 15 is 0 Å². The highest BCUT2D eigenvalue weighted by molar-refractivity contribution is 7.98. The Morgan fingerprint density at radius 1 is 1.35 bits per heavy atom. The first-order chi connectivity index (χ1) is 11.2. The highest BCUT2D eigenvalue weighted by atomic mass is 32.2. The predicted molar refractivity (Wildman–Crippen MR) is 88.7 cm³/mol. The molecule has 0 amide bonds. The molecule has 0 aliphatic rings. The largest absolute Gasteiger partial charge is 0.368 e. The number of thioether (sulfide) groups is 1. The summed E-state index contributed by atoms with van der Waals surface area (Å²) in [7, 11) is 0. The van der Waals surface area contributed by atoms with Crippen molar-refractivity contribution in [3.05, 3.63) is 48.3 Å². The summed E-state index contributed by atoms with van der Waals surface area (Å²) < 4.78 is 7.12. The zero-order valence-corrected chi connectivity index (χ0v) is 13.5. The van der Waals surface area contributed by atoms with Gasteiger partial charge in [0.05, 0.1) is 5.75 Å². The molecular formula is C15H16N6OS. The number of benzene rings is 1. The summed E-state index contributed by atoms with van der Waals surface area (Å²) in [6.07, 6.45) is 1.74. The molecule has 1 aromatic carbocycles. The molecule has 0 unspecified atom stereocenters. The van der Waals surface area contributed by atoms with Crippen LogP contribution in [0.3, 0.4) is 0 Å². The van der Waals surface area contributed by atoms with Gasteiger partial charge < -0.3 is 10.3 Å². The van der Waals surface area contributed by atoms with Gasteiger partial charge in [-0.3, -0.25) is 4.57 Å². The Balaban J connectivity index is 1.73. The molecule has 7 nitrogen and oxygen atoms in total. The zero-order chi connectivity index (χ0) is 16.2. The van der Waals surface area contributed by atoms with E-state index in [4.69, 9.17) is 10.3 Å². The van der Waals surface area contributed by atoms with E-state index in [1.165, 1.54) is 11.8 Å². The number of anilines is 1. The number of nitrogen functional groups attached to an aromatic ring is 1. The summed E-state index contributed by atoms with van der Waals surface area (Å²) in [6.45, 7) is 6.27. The van der Waals surface area contributed by atoms with Crippen molar-refractivity contribution in [2.75, 3.05) is 5.73 Å². The van der Waals surface area contributed by atoms with Crippen molar-refractivity contribution in [2.45, 2.75) is 24.4 Å². The zero-order valence-electron chi connectivity index (χ0n) is 12.6. The molecule has 2 N–H and O–H groups in total. The lowest BCUT2D eigenvalue weighted by atomic mass is 10.1. The van der Waals surface area contributed by atoms with E-state index in [2.05, 4.69) is 26.9 Å². The van der Waals surface area contributed by atoms with Crippen LogP contribution in [0.2, 0.25) is 0 Å². The number of hydrogen-bond donors (Lipinski definition) is 1. The molecule has 0 aliphatic carbocycles. The fourth-order valence-corrected chi connectivity index (χ4v) is 2.87. The molecular weight excluding hydrogens is 312 g/mol.